The number of benzene rings is 2. The number of nitrogens with zero attached hydrogens (tertiary/aromatic N) is 1. The summed E-state index contributed by atoms with van der Waals surface area (Å²) in [6.45, 7) is 1.11. The number of carbonyl (C=O) groups excluding carboxylic acids is 1. The molecule has 142 valence electrons. The van der Waals surface area contributed by atoms with Gasteiger partial charge in [0.05, 0.1) is 11.0 Å². The monoisotopic (exact) mass is 369 g/mol. The smallest absolute Gasteiger partial charge is 0.326 e. The second-order valence-electron chi connectivity index (χ2n) is 6.64. The molecule has 3 rings (SSSR count). The van der Waals surface area contributed by atoms with E-state index in [4.69, 9.17) is 0 Å². The number of hydrogen-bond acceptors (Lipinski definition) is 2. The molecule has 0 unspecified atom stereocenters. The molecule has 2 aromatic carbocycles. The van der Waals surface area contributed by atoms with E-state index >= 15 is 0 Å². The van der Waals surface area contributed by atoms with Gasteiger partial charge in [-0.25, -0.2) is 9.18 Å². The number of unbranched alkanes of at least 4 members (excludes halogenated alkanes) is 1. The molecule has 0 spiro atoms. The summed E-state index contributed by atoms with van der Waals surface area (Å²) in [6.07, 6.45) is 3.71. The number of H-pyrrole nitrogens is 1. The third-order valence-corrected chi connectivity index (χ3v) is 4.59. The van der Waals surface area contributed by atoms with Crippen molar-refractivity contribution in [2.24, 2.45) is 0 Å². The van der Waals surface area contributed by atoms with Crippen LogP contribution < -0.4 is 11.0 Å². The Balaban J connectivity index is 1.33. The number of fused-ring (bicyclic) bond motifs is 1. The molecular weight excluding hydrogens is 345 g/mol. The highest BCUT2D eigenvalue weighted by atomic mass is 19.1. The maximum atomic E-state index is 12.8. The van der Waals surface area contributed by atoms with Gasteiger partial charge in [-0.1, -0.05) is 24.3 Å². The molecule has 0 aliphatic carbocycles. The van der Waals surface area contributed by atoms with E-state index in [1.165, 1.54) is 12.1 Å². The molecule has 27 heavy (non-hydrogen) atoms. The number of aromatic nitrogens is 2. The lowest BCUT2D eigenvalue weighted by atomic mass is 10.1. The lowest BCUT2D eigenvalue weighted by Gasteiger charge is -2.06. The fourth-order valence-electron chi connectivity index (χ4n) is 3.15. The molecule has 6 heteroatoms. The first-order chi connectivity index (χ1) is 13.1. The Bertz CT molecular complexity index is 944. The van der Waals surface area contributed by atoms with Gasteiger partial charge >= 0.3 is 5.69 Å². The van der Waals surface area contributed by atoms with E-state index in [2.05, 4.69) is 10.3 Å². The summed E-state index contributed by atoms with van der Waals surface area (Å²) >= 11 is 0. The van der Waals surface area contributed by atoms with Crippen LogP contribution in [-0.4, -0.2) is 22.0 Å². The maximum absolute atomic E-state index is 12.8. The highest BCUT2D eigenvalue weighted by Crippen LogP contribution is 2.10. The van der Waals surface area contributed by atoms with E-state index in [1.807, 2.05) is 24.3 Å². The molecule has 0 aliphatic rings. The SMILES string of the molecule is O=C(CCCCc1ccc(F)cc1)NCCCn1c(=O)[nH]c2ccccc21. The van der Waals surface area contributed by atoms with Crippen LogP contribution in [0.15, 0.2) is 53.3 Å². The van der Waals surface area contributed by atoms with Gasteiger partial charge < -0.3 is 10.3 Å². The normalized spacial score (nSPS) is 11.0. The fraction of sp³-hybridized carbons (Fsp3) is 0.333. The molecule has 0 saturated heterocycles. The summed E-state index contributed by atoms with van der Waals surface area (Å²) in [5.41, 5.74) is 2.67. The minimum atomic E-state index is -0.229. The summed E-state index contributed by atoms with van der Waals surface area (Å²) in [5, 5.41) is 2.90. The first-order valence-electron chi connectivity index (χ1n) is 9.32. The molecule has 3 aromatic rings. The quantitative estimate of drug-likeness (QED) is 0.568. The zero-order valence-electron chi connectivity index (χ0n) is 15.2. The molecule has 0 saturated carbocycles. The fourth-order valence-corrected chi connectivity index (χ4v) is 3.15. The van der Waals surface area contributed by atoms with E-state index in [9.17, 15) is 14.0 Å². The standard InChI is InChI=1S/C21H24FN3O2/c22-17-12-10-16(11-13-17)6-1-4-9-20(26)23-14-5-15-25-19-8-3-2-7-18(19)24-21(25)27/h2-3,7-8,10-13H,1,4-6,9,14-15H2,(H,23,26)(H,24,27). The Hall–Kier alpha value is -2.89. The molecule has 0 atom stereocenters. The van der Waals surface area contributed by atoms with Crippen LogP contribution in [0.4, 0.5) is 4.39 Å². The van der Waals surface area contributed by atoms with Gasteiger partial charge in [-0.05, 0) is 55.5 Å². The number of halogens is 1. The zero-order chi connectivity index (χ0) is 19.1. The Kier molecular flexibility index (Phi) is 6.41. The van der Waals surface area contributed by atoms with Gasteiger partial charge in [-0.3, -0.25) is 9.36 Å². The third-order valence-electron chi connectivity index (χ3n) is 4.59. The van der Waals surface area contributed by atoms with Crippen LogP contribution in [0.3, 0.4) is 0 Å². The molecule has 1 aromatic heterocycles. The average Bonchev–Trinajstić information content (AvgIpc) is 2.99. The van der Waals surface area contributed by atoms with Crippen molar-refractivity contribution in [1.82, 2.24) is 14.9 Å². The van der Waals surface area contributed by atoms with Gasteiger partial charge in [0.15, 0.2) is 0 Å². The second-order valence-corrected chi connectivity index (χ2v) is 6.64. The molecule has 0 fully saturated rings. The third kappa shape index (κ3) is 5.29. The Morgan fingerprint density at radius 1 is 1.04 bits per heavy atom. The number of imidazole rings is 1. The number of amides is 1. The Morgan fingerprint density at radius 2 is 1.81 bits per heavy atom. The number of nitrogens with one attached hydrogen (secondary N) is 2. The number of rotatable bonds is 9. The van der Waals surface area contributed by atoms with Crippen molar-refractivity contribution < 1.29 is 9.18 Å². The second kappa shape index (κ2) is 9.16. The number of para-hydroxylation sites is 2. The molecule has 0 radical (unpaired) electrons. The van der Waals surface area contributed by atoms with Gasteiger partial charge in [0.2, 0.25) is 5.91 Å². The van der Waals surface area contributed by atoms with Crippen molar-refractivity contribution in [3.05, 3.63) is 70.4 Å². The van der Waals surface area contributed by atoms with Crippen molar-refractivity contribution in [3.8, 4) is 0 Å². The maximum Gasteiger partial charge on any atom is 0.326 e. The zero-order valence-corrected chi connectivity index (χ0v) is 15.2. The predicted octanol–water partition coefficient (Wildman–Crippen LogP) is 3.39. The van der Waals surface area contributed by atoms with Crippen LogP contribution in [0.1, 0.15) is 31.2 Å². The lowest BCUT2D eigenvalue weighted by molar-refractivity contribution is -0.121. The van der Waals surface area contributed by atoms with Crippen molar-refractivity contribution in [1.29, 1.82) is 0 Å². The minimum Gasteiger partial charge on any atom is -0.356 e. The van der Waals surface area contributed by atoms with Crippen LogP contribution in [0, 0.1) is 5.82 Å². The van der Waals surface area contributed by atoms with Crippen LogP contribution in [0.5, 0.6) is 0 Å². The van der Waals surface area contributed by atoms with E-state index < -0.39 is 0 Å². The van der Waals surface area contributed by atoms with E-state index in [0.717, 1.165) is 35.9 Å². The molecule has 0 aliphatic heterocycles. The summed E-state index contributed by atoms with van der Waals surface area (Å²) in [5.74, 6) is -0.201. The van der Waals surface area contributed by atoms with Crippen molar-refractivity contribution in [2.75, 3.05) is 6.54 Å². The Morgan fingerprint density at radius 3 is 2.63 bits per heavy atom. The lowest BCUT2D eigenvalue weighted by Crippen LogP contribution is -2.26. The molecule has 2 N–H and O–H groups in total. The number of carbonyl (C=O) groups is 1. The number of aryl methyl sites for hydroxylation is 2. The summed E-state index contributed by atoms with van der Waals surface area (Å²) in [6, 6.07) is 14.1. The summed E-state index contributed by atoms with van der Waals surface area (Å²) < 4.78 is 14.5. The van der Waals surface area contributed by atoms with Gasteiger partial charge in [-0.2, -0.15) is 0 Å². The van der Waals surface area contributed by atoms with Crippen molar-refractivity contribution in [3.63, 3.8) is 0 Å². The van der Waals surface area contributed by atoms with Crippen LogP contribution >= 0.6 is 0 Å². The summed E-state index contributed by atoms with van der Waals surface area (Å²) in [7, 11) is 0. The van der Waals surface area contributed by atoms with Crippen LogP contribution in [-0.2, 0) is 17.8 Å². The molecule has 5 nitrogen and oxygen atoms in total. The van der Waals surface area contributed by atoms with E-state index in [0.29, 0.717) is 25.9 Å². The van der Waals surface area contributed by atoms with Crippen LogP contribution in [0.2, 0.25) is 0 Å². The van der Waals surface area contributed by atoms with E-state index in [-0.39, 0.29) is 17.4 Å². The number of hydrogen-bond donors (Lipinski definition) is 2. The largest absolute Gasteiger partial charge is 0.356 e. The van der Waals surface area contributed by atoms with Crippen molar-refractivity contribution in [2.45, 2.75) is 38.6 Å². The van der Waals surface area contributed by atoms with Crippen molar-refractivity contribution >= 4 is 16.9 Å². The molecule has 1 amide bonds. The van der Waals surface area contributed by atoms with E-state index in [1.54, 1.807) is 16.7 Å². The minimum absolute atomic E-state index is 0.0281. The predicted molar refractivity (Wildman–Crippen MR) is 104 cm³/mol. The Labute approximate surface area is 157 Å². The molecule has 0 bridgehead atoms. The van der Waals surface area contributed by atoms with Crippen LogP contribution in [0.25, 0.3) is 11.0 Å². The first-order valence-corrected chi connectivity index (χ1v) is 9.32. The average molecular weight is 369 g/mol. The highest BCUT2D eigenvalue weighted by Gasteiger charge is 2.06. The van der Waals surface area contributed by atoms with Gasteiger partial charge in [0.25, 0.3) is 0 Å². The topological polar surface area (TPSA) is 66.9 Å². The molecular formula is C21H24FN3O2. The highest BCUT2D eigenvalue weighted by molar-refractivity contribution is 5.76. The molecule has 1 heterocycles. The first kappa shape index (κ1) is 18.9. The number of aromatic amines is 1. The van der Waals surface area contributed by atoms with Gasteiger partial charge in [0, 0.05) is 19.5 Å². The van der Waals surface area contributed by atoms with Gasteiger partial charge in [0.1, 0.15) is 5.82 Å². The summed E-state index contributed by atoms with van der Waals surface area (Å²) in [4.78, 5) is 26.7. The van der Waals surface area contributed by atoms with Gasteiger partial charge in [-0.15, -0.1) is 0 Å².